The number of aromatic nitrogens is 1. The maximum Gasteiger partial charge on any atom is 0.294 e. The molecule has 3 aromatic rings. The summed E-state index contributed by atoms with van der Waals surface area (Å²) in [6, 6.07) is 12.5. The molecule has 1 aromatic heterocycles. The van der Waals surface area contributed by atoms with E-state index in [0.29, 0.717) is 5.56 Å². The molecule has 0 fully saturated rings. The molecule has 3 rings (SSSR count). The van der Waals surface area contributed by atoms with E-state index in [1.165, 1.54) is 6.07 Å². The molecule has 0 unspecified atom stereocenters. The molecule has 1 heterocycles. The van der Waals surface area contributed by atoms with Crippen molar-refractivity contribution in [3.8, 4) is 11.3 Å². The Hall–Kier alpha value is -1.38. The summed E-state index contributed by atoms with van der Waals surface area (Å²) in [6.07, 6.45) is 2.03. The second kappa shape index (κ2) is 9.01. The predicted molar refractivity (Wildman–Crippen MR) is 110 cm³/mol. The summed E-state index contributed by atoms with van der Waals surface area (Å²) in [5.41, 5.74) is 3.68. The van der Waals surface area contributed by atoms with E-state index in [2.05, 4.69) is 10.4 Å². The molecule has 1 N–H and O–H groups in total. The highest BCUT2D eigenvalue weighted by Crippen LogP contribution is 2.27. The van der Waals surface area contributed by atoms with Crippen molar-refractivity contribution < 1.29 is 13.0 Å². The Morgan fingerprint density at radius 1 is 1.12 bits per heavy atom. The Labute approximate surface area is 167 Å². The van der Waals surface area contributed by atoms with Crippen molar-refractivity contribution in [3.05, 3.63) is 64.0 Å². The number of hydrogen-bond acceptors (Lipinski definition) is 5. The van der Waals surface area contributed by atoms with Gasteiger partial charge in [-0.2, -0.15) is 8.42 Å². The van der Waals surface area contributed by atoms with E-state index in [9.17, 15) is 8.42 Å². The zero-order valence-electron chi connectivity index (χ0n) is 14.4. The van der Waals surface area contributed by atoms with Gasteiger partial charge in [-0.25, -0.2) is 4.98 Å². The summed E-state index contributed by atoms with van der Waals surface area (Å²) in [4.78, 5) is 4.45. The van der Waals surface area contributed by atoms with E-state index < -0.39 is 10.1 Å². The molecule has 4 nitrogen and oxygen atoms in total. The number of hydrogen-bond donors (Lipinski definition) is 1. The van der Waals surface area contributed by atoms with Gasteiger partial charge in [0.1, 0.15) is 4.34 Å². The van der Waals surface area contributed by atoms with Gasteiger partial charge < -0.3 is 0 Å². The van der Waals surface area contributed by atoms with Crippen molar-refractivity contribution in [3.63, 3.8) is 0 Å². The number of aryl methyl sites for hydroxylation is 2. The van der Waals surface area contributed by atoms with Gasteiger partial charge in [0.15, 0.2) is 0 Å². The van der Waals surface area contributed by atoms with Crippen molar-refractivity contribution in [1.82, 2.24) is 4.98 Å². The van der Waals surface area contributed by atoms with Crippen LogP contribution in [0.4, 0.5) is 0 Å². The van der Waals surface area contributed by atoms with Crippen LogP contribution >= 0.6 is 34.7 Å². The Morgan fingerprint density at radius 3 is 2.27 bits per heavy atom. The Balaban J connectivity index is 0.000000190. The lowest BCUT2D eigenvalue weighted by Gasteiger charge is -2.02. The van der Waals surface area contributed by atoms with Gasteiger partial charge in [0, 0.05) is 16.0 Å². The molecule has 0 aliphatic rings. The molecule has 138 valence electrons. The fourth-order valence-corrected chi connectivity index (χ4v) is 4.30. The second-order valence-corrected chi connectivity index (χ2v) is 9.19. The van der Waals surface area contributed by atoms with Crippen LogP contribution in [0.1, 0.15) is 11.1 Å². The zero-order valence-corrected chi connectivity index (χ0v) is 17.6. The van der Waals surface area contributed by atoms with Gasteiger partial charge >= 0.3 is 0 Å². The highest BCUT2D eigenvalue weighted by Gasteiger charge is 2.11. The summed E-state index contributed by atoms with van der Waals surface area (Å²) >= 11 is 9.15. The first-order chi connectivity index (χ1) is 12.2. The molecule has 0 atom stereocenters. The lowest BCUT2D eigenvalue weighted by atomic mass is 10.2. The van der Waals surface area contributed by atoms with Gasteiger partial charge in [0.2, 0.25) is 0 Å². The van der Waals surface area contributed by atoms with Crippen molar-refractivity contribution in [2.24, 2.45) is 0 Å². The molecule has 0 radical (unpaired) electrons. The summed E-state index contributed by atoms with van der Waals surface area (Å²) in [5.74, 6) is 0. The number of thiazole rings is 1. The Kier molecular flexibility index (Phi) is 7.25. The van der Waals surface area contributed by atoms with Crippen molar-refractivity contribution in [1.29, 1.82) is 0 Å². The topological polar surface area (TPSA) is 67.3 Å². The third-order valence-corrected chi connectivity index (χ3v) is 6.54. The summed E-state index contributed by atoms with van der Waals surface area (Å²) < 4.78 is 31.3. The maximum atomic E-state index is 10.7. The zero-order chi connectivity index (χ0) is 19.3. The van der Waals surface area contributed by atoms with Gasteiger partial charge in [0.05, 0.1) is 10.6 Å². The van der Waals surface area contributed by atoms with Crippen LogP contribution in [0.5, 0.6) is 0 Å². The summed E-state index contributed by atoms with van der Waals surface area (Å²) in [6.45, 7) is 3.51. The second-order valence-electron chi connectivity index (χ2n) is 5.45. The number of thioether (sulfide) groups is 1. The average molecular weight is 428 g/mol. The van der Waals surface area contributed by atoms with Crippen LogP contribution in [-0.2, 0) is 10.1 Å². The monoisotopic (exact) mass is 427 g/mol. The molecule has 0 saturated heterocycles. The average Bonchev–Trinajstić information content (AvgIpc) is 3.04. The quantitative estimate of drug-likeness (QED) is 0.426. The molecule has 26 heavy (non-hydrogen) atoms. The van der Waals surface area contributed by atoms with Crippen LogP contribution in [0.2, 0.25) is 5.02 Å². The van der Waals surface area contributed by atoms with E-state index in [-0.39, 0.29) is 4.90 Å². The van der Waals surface area contributed by atoms with E-state index in [0.717, 1.165) is 26.2 Å². The fourth-order valence-electron chi connectivity index (χ4n) is 2.19. The third kappa shape index (κ3) is 5.82. The maximum absolute atomic E-state index is 10.7. The Morgan fingerprint density at radius 2 is 1.77 bits per heavy atom. The van der Waals surface area contributed by atoms with Crippen molar-refractivity contribution in [2.75, 3.05) is 6.26 Å². The molecule has 0 amide bonds. The highest BCUT2D eigenvalue weighted by molar-refractivity contribution is 8.00. The molecule has 0 aliphatic carbocycles. The number of rotatable bonds is 3. The minimum atomic E-state index is -4.05. The number of benzene rings is 2. The van der Waals surface area contributed by atoms with Crippen LogP contribution in [0.25, 0.3) is 11.3 Å². The molecule has 0 saturated carbocycles. The van der Waals surface area contributed by atoms with Crippen LogP contribution in [-0.4, -0.2) is 24.2 Å². The minimum Gasteiger partial charge on any atom is -0.282 e. The largest absolute Gasteiger partial charge is 0.294 e. The lowest BCUT2D eigenvalue weighted by Crippen LogP contribution is -2.00. The lowest BCUT2D eigenvalue weighted by molar-refractivity contribution is 0.482. The minimum absolute atomic E-state index is 0.0203. The molecular formula is C18H18ClNO3S3. The highest BCUT2D eigenvalue weighted by atomic mass is 35.5. The molecule has 2 aromatic carbocycles. The van der Waals surface area contributed by atoms with E-state index in [1.807, 2.05) is 37.4 Å². The number of nitrogens with zero attached hydrogens (tertiary/aromatic N) is 1. The first kappa shape index (κ1) is 20.9. The van der Waals surface area contributed by atoms with Gasteiger partial charge in [-0.15, -0.1) is 11.3 Å². The van der Waals surface area contributed by atoms with E-state index in [1.54, 1.807) is 42.2 Å². The van der Waals surface area contributed by atoms with E-state index in [4.69, 9.17) is 16.2 Å². The molecule has 0 spiro atoms. The van der Waals surface area contributed by atoms with Gasteiger partial charge in [-0.05, 0) is 43.9 Å². The smallest absolute Gasteiger partial charge is 0.282 e. The third-order valence-electron chi connectivity index (χ3n) is 3.41. The number of halogens is 1. The first-order valence-corrected chi connectivity index (χ1v) is 11.4. The molecule has 0 bridgehead atoms. The van der Waals surface area contributed by atoms with Crippen molar-refractivity contribution >= 4 is 44.8 Å². The van der Waals surface area contributed by atoms with Crippen LogP contribution in [0.3, 0.4) is 0 Å². The van der Waals surface area contributed by atoms with Crippen LogP contribution < -0.4 is 0 Å². The Bertz CT molecular complexity index is 983. The van der Waals surface area contributed by atoms with Gasteiger partial charge in [0.25, 0.3) is 10.1 Å². The van der Waals surface area contributed by atoms with E-state index >= 15 is 0 Å². The SMILES string of the molecule is CSc1nc(-c2ccc(Cl)cc2)cs1.Cc1ccc(S(=O)(=O)O)c(C)c1. The molecular weight excluding hydrogens is 410 g/mol. The molecule has 8 heteroatoms. The normalized spacial score (nSPS) is 11.0. The molecule has 0 aliphatic heterocycles. The summed E-state index contributed by atoms with van der Waals surface area (Å²) in [5, 5.41) is 2.82. The fraction of sp³-hybridized carbons (Fsp3) is 0.167. The predicted octanol–water partition coefficient (Wildman–Crippen LogP) is 5.74. The summed E-state index contributed by atoms with van der Waals surface area (Å²) in [7, 11) is -4.05. The standard InChI is InChI=1S/C10H8ClNS2.C8H10O3S/c1-13-10-12-9(6-14-10)7-2-4-8(11)5-3-7;1-6-3-4-8(7(2)5-6)12(9,10)11/h2-6H,1H3;3-5H,1-2H3,(H,9,10,11). The van der Waals surface area contributed by atoms with Crippen LogP contribution in [0.15, 0.2) is 57.1 Å². The van der Waals surface area contributed by atoms with Gasteiger partial charge in [-0.3, -0.25) is 4.55 Å². The van der Waals surface area contributed by atoms with Crippen LogP contribution in [0, 0.1) is 13.8 Å². The first-order valence-electron chi connectivity index (χ1n) is 7.51. The van der Waals surface area contributed by atoms with Crippen molar-refractivity contribution in [2.45, 2.75) is 23.1 Å². The van der Waals surface area contributed by atoms with Gasteiger partial charge in [-0.1, -0.05) is 53.2 Å².